The SMILES string of the molecule is O=C(NC1CC1)c1ccccc1NCCn1nc2ccccn2c1=O. The van der Waals surface area contributed by atoms with Crippen LogP contribution in [0.15, 0.2) is 53.5 Å². The first-order valence-corrected chi connectivity index (χ1v) is 8.40. The standard InChI is InChI=1S/C18H19N5O2/c24-17(20-13-8-9-13)14-5-1-2-6-15(14)19-10-12-23-18(25)22-11-4-3-7-16(22)21-23/h1-7,11,13,19H,8-10,12H2,(H,20,24). The number of benzene rings is 1. The lowest BCUT2D eigenvalue weighted by Crippen LogP contribution is -2.27. The molecule has 3 aromatic rings. The molecule has 1 amide bonds. The van der Waals surface area contributed by atoms with Gasteiger partial charge in [-0.15, -0.1) is 5.10 Å². The van der Waals surface area contributed by atoms with Gasteiger partial charge in [0.2, 0.25) is 0 Å². The number of hydrogen-bond acceptors (Lipinski definition) is 4. The van der Waals surface area contributed by atoms with Gasteiger partial charge in [0.15, 0.2) is 5.65 Å². The maximum absolute atomic E-state index is 12.3. The number of carbonyl (C=O) groups excluding carboxylic acids is 1. The number of nitrogens with zero attached hydrogens (tertiary/aromatic N) is 3. The largest absolute Gasteiger partial charge is 0.383 e. The molecule has 0 aliphatic heterocycles. The molecule has 1 aliphatic carbocycles. The van der Waals surface area contributed by atoms with E-state index in [1.165, 1.54) is 9.08 Å². The zero-order chi connectivity index (χ0) is 17.2. The number of rotatable bonds is 6. The van der Waals surface area contributed by atoms with Gasteiger partial charge in [-0.2, -0.15) is 0 Å². The molecule has 128 valence electrons. The van der Waals surface area contributed by atoms with Crippen LogP contribution in [0.1, 0.15) is 23.2 Å². The van der Waals surface area contributed by atoms with E-state index >= 15 is 0 Å². The van der Waals surface area contributed by atoms with Crippen LogP contribution in [0.4, 0.5) is 5.69 Å². The number of amides is 1. The summed E-state index contributed by atoms with van der Waals surface area (Å²) < 4.78 is 2.94. The molecule has 2 N–H and O–H groups in total. The highest BCUT2D eigenvalue weighted by molar-refractivity contribution is 5.99. The van der Waals surface area contributed by atoms with Crippen LogP contribution in [-0.4, -0.2) is 32.7 Å². The topological polar surface area (TPSA) is 80.4 Å². The molecule has 0 saturated heterocycles. The van der Waals surface area contributed by atoms with Crippen molar-refractivity contribution in [2.45, 2.75) is 25.4 Å². The van der Waals surface area contributed by atoms with Crippen molar-refractivity contribution in [3.05, 3.63) is 64.7 Å². The Hall–Kier alpha value is -3.09. The van der Waals surface area contributed by atoms with Crippen molar-refractivity contribution >= 4 is 17.2 Å². The fraction of sp³-hybridized carbons (Fsp3) is 0.278. The van der Waals surface area contributed by atoms with Crippen LogP contribution in [0, 0.1) is 0 Å². The van der Waals surface area contributed by atoms with Gasteiger partial charge in [-0.25, -0.2) is 9.48 Å². The summed E-state index contributed by atoms with van der Waals surface area (Å²) in [5.74, 6) is -0.0597. The van der Waals surface area contributed by atoms with Gasteiger partial charge in [0.1, 0.15) is 0 Å². The van der Waals surface area contributed by atoms with Crippen LogP contribution in [-0.2, 0) is 6.54 Å². The van der Waals surface area contributed by atoms with Gasteiger partial charge in [-0.3, -0.25) is 9.20 Å². The smallest absolute Gasteiger partial charge is 0.350 e. The monoisotopic (exact) mass is 337 g/mol. The quantitative estimate of drug-likeness (QED) is 0.714. The highest BCUT2D eigenvalue weighted by atomic mass is 16.2. The van der Waals surface area contributed by atoms with Crippen LogP contribution in [0.2, 0.25) is 0 Å². The first-order valence-electron chi connectivity index (χ1n) is 8.40. The van der Waals surface area contributed by atoms with E-state index in [9.17, 15) is 9.59 Å². The predicted molar refractivity (Wildman–Crippen MR) is 94.9 cm³/mol. The van der Waals surface area contributed by atoms with E-state index in [1.807, 2.05) is 24.3 Å². The van der Waals surface area contributed by atoms with E-state index in [1.54, 1.807) is 24.4 Å². The van der Waals surface area contributed by atoms with E-state index in [0.717, 1.165) is 18.5 Å². The normalized spacial score (nSPS) is 13.8. The van der Waals surface area contributed by atoms with E-state index in [2.05, 4.69) is 15.7 Å². The van der Waals surface area contributed by atoms with Crippen molar-refractivity contribution in [2.75, 3.05) is 11.9 Å². The van der Waals surface area contributed by atoms with Crippen molar-refractivity contribution in [3.63, 3.8) is 0 Å². The molecule has 4 rings (SSSR count). The molecule has 0 atom stereocenters. The van der Waals surface area contributed by atoms with Gasteiger partial charge in [0, 0.05) is 24.5 Å². The Balaban J connectivity index is 1.45. The fourth-order valence-corrected chi connectivity index (χ4v) is 2.74. The Morgan fingerprint density at radius 2 is 1.96 bits per heavy atom. The third-order valence-corrected chi connectivity index (χ3v) is 4.21. The molecule has 1 saturated carbocycles. The summed E-state index contributed by atoms with van der Waals surface area (Å²) in [5, 5.41) is 10.5. The van der Waals surface area contributed by atoms with Crippen molar-refractivity contribution in [1.82, 2.24) is 19.5 Å². The van der Waals surface area contributed by atoms with Crippen molar-refractivity contribution in [1.29, 1.82) is 0 Å². The molecule has 0 unspecified atom stereocenters. The number of carbonyl (C=O) groups is 1. The second-order valence-corrected chi connectivity index (χ2v) is 6.15. The summed E-state index contributed by atoms with van der Waals surface area (Å²) in [4.78, 5) is 24.5. The third-order valence-electron chi connectivity index (χ3n) is 4.21. The zero-order valence-electron chi connectivity index (χ0n) is 13.7. The maximum atomic E-state index is 12.3. The molecule has 0 spiro atoms. The molecule has 2 aromatic heterocycles. The molecule has 2 heterocycles. The molecule has 1 aromatic carbocycles. The van der Waals surface area contributed by atoms with E-state index in [4.69, 9.17) is 0 Å². The first kappa shape index (κ1) is 15.4. The lowest BCUT2D eigenvalue weighted by Gasteiger charge is -2.11. The minimum Gasteiger partial charge on any atom is -0.383 e. The fourth-order valence-electron chi connectivity index (χ4n) is 2.74. The minimum atomic E-state index is -0.169. The number of aromatic nitrogens is 3. The summed E-state index contributed by atoms with van der Waals surface area (Å²) in [6.45, 7) is 0.913. The number of anilines is 1. The first-order chi connectivity index (χ1) is 12.2. The maximum Gasteiger partial charge on any atom is 0.350 e. The Morgan fingerprint density at radius 1 is 1.16 bits per heavy atom. The summed E-state index contributed by atoms with van der Waals surface area (Å²) in [7, 11) is 0. The van der Waals surface area contributed by atoms with Crippen molar-refractivity contribution < 1.29 is 4.79 Å². The van der Waals surface area contributed by atoms with Crippen LogP contribution >= 0.6 is 0 Å². The Morgan fingerprint density at radius 3 is 2.76 bits per heavy atom. The van der Waals surface area contributed by atoms with E-state index in [-0.39, 0.29) is 11.6 Å². The molecule has 0 radical (unpaired) electrons. The van der Waals surface area contributed by atoms with Crippen LogP contribution < -0.4 is 16.3 Å². The number of nitrogens with one attached hydrogen (secondary N) is 2. The lowest BCUT2D eigenvalue weighted by molar-refractivity contribution is 0.0952. The van der Waals surface area contributed by atoms with Crippen LogP contribution in [0.25, 0.3) is 5.65 Å². The molecular formula is C18H19N5O2. The summed E-state index contributed by atoms with van der Waals surface area (Å²) in [6.07, 6.45) is 3.81. The Labute approximate surface area is 144 Å². The number of fused-ring (bicyclic) bond motifs is 1. The lowest BCUT2D eigenvalue weighted by atomic mass is 10.1. The number of pyridine rings is 1. The summed E-state index contributed by atoms with van der Waals surface area (Å²) in [6, 6.07) is 13.2. The molecule has 0 bridgehead atoms. The second kappa shape index (κ2) is 6.43. The van der Waals surface area contributed by atoms with E-state index in [0.29, 0.717) is 30.3 Å². The van der Waals surface area contributed by atoms with Gasteiger partial charge < -0.3 is 10.6 Å². The number of hydrogen-bond donors (Lipinski definition) is 2. The predicted octanol–water partition coefficient (Wildman–Crippen LogP) is 1.50. The van der Waals surface area contributed by atoms with Crippen molar-refractivity contribution in [2.24, 2.45) is 0 Å². The Kier molecular flexibility index (Phi) is 3.97. The van der Waals surface area contributed by atoms with Crippen molar-refractivity contribution in [3.8, 4) is 0 Å². The number of para-hydroxylation sites is 1. The highest BCUT2D eigenvalue weighted by Gasteiger charge is 2.24. The highest BCUT2D eigenvalue weighted by Crippen LogP contribution is 2.21. The average Bonchev–Trinajstić information content (AvgIpc) is 3.39. The molecule has 7 nitrogen and oxygen atoms in total. The van der Waals surface area contributed by atoms with Gasteiger partial charge in [-0.1, -0.05) is 18.2 Å². The van der Waals surface area contributed by atoms with Gasteiger partial charge in [0.25, 0.3) is 5.91 Å². The van der Waals surface area contributed by atoms with E-state index < -0.39 is 0 Å². The van der Waals surface area contributed by atoms with Crippen LogP contribution in [0.5, 0.6) is 0 Å². The van der Waals surface area contributed by atoms with Gasteiger partial charge >= 0.3 is 5.69 Å². The second-order valence-electron chi connectivity index (χ2n) is 6.15. The third kappa shape index (κ3) is 3.26. The molecular weight excluding hydrogens is 318 g/mol. The van der Waals surface area contributed by atoms with Gasteiger partial charge in [0.05, 0.1) is 12.1 Å². The molecule has 1 fully saturated rings. The molecule has 7 heteroatoms. The molecule has 25 heavy (non-hydrogen) atoms. The summed E-state index contributed by atoms with van der Waals surface area (Å²) >= 11 is 0. The minimum absolute atomic E-state index is 0.0597. The Bertz CT molecular complexity index is 971. The zero-order valence-corrected chi connectivity index (χ0v) is 13.7. The average molecular weight is 337 g/mol. The summed E-state index contributed by atoms with van der Waals surface area (Å²) in [5.41, 5.74) is 1.84. The van der Waals surface area contributed by atoms with Gasteiger partial charge in [-0.05, 0) is 37.1 Å². The molecule has 1 aliphatic rings. The van der Waals surface area contributed by atoms with Crippen LogP contribution in [0.3, 0.4) is 0 Å².